The maximum Gasteiger partial charge on any atom is 0.120 e. The smallest absolute Gasteiger partial charge is 0.120 e. The molecule has 0 fully saturated rings. The number of methoxy groups -OCH3 is 1. The Morgan fingerprint density at radius 2 is 2.64 bits per heavy atom. The van der Waals surface area contributed by atoms with Gasteiger partial charge in [0, 0.05) is 18.9 Å². The zero-order chi connectivity index (χ0) is 8.10. The minimum absolute atomic E-state index is 0.602. The highest BCUT2D eigenvalue weighted by molar-refractivity contribution is 7.99. The summed E-state index contributed by atoms with van der Waals surface area (Å²) in [7, 11) is 1.68. The Morgan fingerprint density at radius 1 is 1.82 bits per heavy atom. The molecule has 0 aliphatic heterocycles. The van der Waals surface area contributed by atoms with Gasteiger partial charge in [0.1, 0.15) is 10.8 Å². The number of aromatic nitrogens is 2. The number of rotatable bonds is 4. The van der Waals surface area contributed by atoms with E-state index in [1.54, 1.807) is 24.9 Å². The second-order valence-corrected chi connectivity index (χ2v) is 3.12. The van der Waals surface area contributed by atoms with Gasteiger partial charge in [0.05, 0.1) is 6.61 Å². The summed E-state index contributed by atoms with van der Waals surface area (Å²) in [6.07, 6.45) is 0. The number of hydrogen-bond donors (Lipinski definition) is 2. The highest BCUT2D eigenvalue weighted by atomic mass is 32.2. The van der Waals surface area contributed by atoms with Crippen molar-refractivity contribution in [2.24, 2.45) is 0 Å². The molecule has 0 radical (unpaired) electrons. The molecule has 62 valence electrons. The summed E-state index contributed by atoms with van der Waals surface area (Å²) in [5.41, 5.74) is 5.42. The molecule has 0 bridgehead atoms. The van der Waals surface area contributed by atoms with Gasteiger partial charge < -0.3 is 10.5 Å². The lowest BCUT2D eigenvalue weighted by Crippen LogP contribution is -1.90. The Balaban J connectivity index is 2.27. The van der Waals surface area contributed by atoms with Crippen LogP contribution in [0.2, 0.25) is 0 Å². The van der Waals surface area contributed by atoms with Gasteiger partial charge in [-0.1, -0.05) is 0 Å². The standard InChI is InChI=1S/C6H11N3OS/c1-10-2-3-11-6-4-5(7)8-9-6/h4H,2-3H2,1H3,(H3,7,8,9). The number of thioether (sulfide) groups is 1. The molecule has 0 unspecified atom stereocenters. The second kappa shape index (κ2) is 4.25. The van der Waals surface area contributed by atoms with E-state index >= 15 is 0 Å². The first-order valence-electron chi connectivity index (χ1n) is 3.25. The van der Waals surface area contributed by atoms with Crippen molar-refractivity contribution in [1.82, 2.24) is 10.2 Å². The molecule has 0 saturated carbocycles. The predicted octanol–water partition coefficient (Wildman–Crippen LogP) is 0.730. The molecule has 0 aliphatic rings. The third-order valence-corrected chi connectivity index (χ3v) is 1.99. The summed E-state index contributed by atoms with van der Waals surface area (Å²) in [6.45, 7) is 0.734. The Bertz CT molecular complexity index is 213. The predicted molar refractivity (Wildman–Crippen MR) is 45.6 cm³/mol. The van der Waals surface area contributed by atoms with Crippen LogP contribution in [0.1, 0.15) is 0 Å². The van der Waals surface area contributed by atoms with Crippen molar-refractivity contribution in [2.45, 2.75) is 5.03 Å². The molecule has 4 nitrogen and oxygen atoms in total. The molecule has 0 atom stereocenters. The van der Waals surface area contributed by atoms with E-state index in [0.29, 0.717) is 5.82 Å². The van der Waals surface area contributed by atoms with Gasteiger partial charge in [-0.25, -0.2) is 0 Å². The molecule has 0 spiro atoms. The molecule has 11 heavy (non-hydrogen) atoms. The maximum absolute atomic E-state index is 5.42. The average molecular weight is 173 g/mol. The van der Waals surface area contributed by atoms with Crippen molar-refractivity contribution in [1.29, 1.82) is 0 Å². The van der Waals surface area contributed by atoms with E-state index in [1.807, 2.05) is 0 Å². The van der Waals surface area contributed by atoms with Gasteiger partial charge in [-0.2, -0.15) is 5.10 Å². The molecule has 5 heteroatoms. The van der Waals surface area contributed by atoms with Crippen LogP contribution in [0.5, 0.6) is 0 Å². The Labute approximate surface area is 69.5 Å². The van der Waals surface area contributed by atoms with Crippen LogP contribution in [0.15, 0.2) is 11.1 Å². The van der Waals surface area contributed by atoms with Crippen LogP contribution in [0.4, 0.5) is 5.82 Å². The number of nitrogens with two attached hydrogens (primary N) is 1. The molecule has 3 N–H and O–H groups in total. The van der Waals surface area contributed by atoms with E-state index in [0.717, 1.165) is 17.4 Å². The van der Waals surface area contributed by atoms with Crippen molar-refractivity contribution in [3.63, 3.8) is 0 Å². The van der Waals surface area contributed by atoms with Crippen molar-refractivity contribution in [3.05, 3.63) is 6.07 Å². The van der Waals surface area contributed by atoms with Crippen LogP contribution in [-0.4, -0.2) is 29.7 Å². The summed E-state index contributed by atoms with van der Waals surface area (Å²) in [6, 6.07) is 1.81. The second-order valence-electron chi connectivity index (χ2n) is 2.00. The van der Waals surface area contributed by atoms with Gasteiger partial charge in [0.2, 0.25) is 0 Å². The Kier molecular flexibility index (Phi) is 3.25. The zero-order valence-corrected chi connectivity index (χ0v) is 7.15. The minimum atomic E-state index is 0.602. The number of ether oxygens (including phenoxy) is 1. The highest BCUT2D eigenvalue weighted by Gasteiger charge is 1.97. The fourth-order valence-corrected chi connectivity index (χ4v) is 1.40. The summed E-state index contributed by atoms with van der Waals surface area (Å²) in [5.74, 6) is 1.51. The molecule has 0 amide bonds. The van der Waals surface area contributed by atoms with Crippen LogP contribution in [0.3, 0.4) is 0 Å². The number of hydrogen-bond acceptors (Lipinski definition) is 4. The Hall–Kier alpha value is -0.680. The number of nitrogen functional groups attached to an aromatic ring is 1. The third-order valence-electron chi connectivity index (χ3n) is 1.11. The fraction of sp³-hybridized carbons (Fsp3) is 0.500. The summed E-state index contributed by atoms with van der Waals surface area (Å²) < 4.78 is 4.88. The zero-order valence-electron chi connectivity index (χ0n) is 6.33. The average Bonchev–Trinajstić information content (AvgIpc) is 2.37. The summed E-state index contributed by atoms with van der Waals surface area (Å²) in [4.78, 5) is 0. The number of nitrogens with one attached hydrogen (secondary N) is 1. The van der Waals surface area contributed by atoms with E-state index in [2.05, 4.69) is 10.2 Å². The molecular formula is C6H11N3OS. The summed E-state index contributed by atoms with van der Waals surface area (Å²) in [5, 5.41) is 7.52. The lowest BCUT2D eigenvalue weighted by molar-refractivity contribution is 0.218. The number of anilines is 1. The lowest BCUT2D eigenvalue weighted by Gasteiger charge is -1.94. The van der Waals surface area contributed by atoms with Crippen molar-refractivity contribution in [2.75, 3.05) is 25.2 Å². The normalized spacial score (nSPS) is 10.3. The SMILES string of the molecule is COCCSc1cc(N)[nH]n1. The van der Waals surface area contributed by atoms with Crippen LogP contribution in [0.25, 0.3) is 0 Å². The quantitative estimate of drug-likeness (QED) is 0.520. The van der Waals surface area contributed by atoms with Crippen molar-refractivity contribution >= 4 is 17.6 Å². The van der Waals surface area contributed by atoms with Gasteiger partial charge >= 0.3 is 0 Å². The molecule has 0 aliphatic carbocycles. The fourth-order valence-electron chi connectivity index (χ4n) is 0.621. The molecular weight excluding hydrogens is 162 g/mol. The topological polar surface area (TPSA) is 63.9 Å². The molecule has 0 aromatic carbocycles. The van der Waals surface area contributed by atoms with Crippen LogP contribution in [0, 0.1) is 0 Å². The van der Waals surface area contributed by atoms with Gasteiger partial charge in [-0.15, -0.1) is 11.8 Å². The van der Waals surface area contributed by atoms with Gasteiger partial charge in [0.25, 0.3) is 0 Å². The first kappa shape index (κ1) is 8.42. The minimum Gasteiger partial charge on any atom is -0.384 e. The van der Waals surface area contributed by atoms with Crippen LogP contribution < -0.4 is 5.73 Å². The molecule has 1 aromatic rings. The van der Waals surface area contributed by atoms with E-state index in [-0.39, 0.29) is 0 Å². The monoisotopic (exact) mass is 173 g/mol. The largest absolute Gasteiger partial charge is 0.384 e. The highest BCUT2D eigenvalue weighted by Crippen LogP contribution is 2.15. The van der Waals surface area contributed by atoms with E-state index < -0.39 is 0 Å². The van der Waals surface area contributed by atoms with Gasteiger partial charge in [0.15, 0.2) is 0 Å². The molecule has 1 aromatic heterocycles. The van der Waals surface area contributed by atoms with E-state index in [4.69, 9.17) is 10.5 Å². The first-order valence-corrected chi connectivity index (χ1v) is 4.24. The first-order chi connectivity index (χ1) is 5.33. The van der Waals surface area contributed by atoms with Crippen molar-refractivity contribution in [3.8, 4) is 0 Å². The number of aromatic amines is 1. The maximum atomic E-state index is 5.42. The summed E-state index contributed by atoms with van der Waals surface area (Å²) >= 11 is 1.62. The number of H-pyrrole nitrogens is 1. The van der Waals surface area contributed by atoms with E-state index in [9.17, 15) is 0 Å². The van der Waals surface area contributed by atoms with Crippen LogP contribution >= 0.6 is 11.8 Å². The molecule has 1 heterocycles. The lowest BCUT2D eigenvalue weighted by atomic mass is 10.7. The van der Waals surface area contributed by atoms with Gasteiger partial charge in [-0.3, -0.25) is 5.10 Å². The molecule has 0 saturated heterocycles. The Morgan fingerprint density at radius 3 is 3.18 bits per heavy atom. The molecule has 1 rings (SSSR count). The third kappa shape index (κ3) is 2.81. The van der Waals surface area contributed by atoms with Crippen LogP contribution in [-0.2, 0) is 4.74 Å². The van der Waals surface area contributed by atoms with E-state index in [1.165, 1.54) is 0 Å². The van der Waals surface area contributed by atoms with Gasteiger partial charge in [-0.05, 0) is 0 Å². The number of nitrogens with zero attached hydrogens (tertiary/aromatic N) is 1. The van der Waals surface area contributed by atoms with Crippen molar-refractivity contribution < 1.29 is 4.74 Å².